The van der Waals surface area contributed by atoms with Crippen molar-refractivity contribution in [2.75, 3.05) is 40.0 Å². The standard InChI is InChI=1S/C9H20N2O3/c1-8(6-13-2)5-11-9(12)7-14-4-3-10/h8H,3-7,10H2,1-2H3,(H,11,12). The molecular formula is C9H20N2O3. The molecular weight excluding hydrogens is 184 g/mol. The van der Waals surface area contributed by atoms with E-state index in [0.717, 1.165) is 0 Å². The minimum absolute atomic E-state index is 0.0803. The molecule has 3 N–H and O–H groups in total. The van der Waals surface area contributed by atoms with Gasteiger partial charge in [0.05, 0.1) is 13.2 Å². The van der Waals surface area contributed by atoms with Crippen LogP contribution in [0.4, 0.5) is 0 Å². The predicted molar refractivity (Wildman–Crippen MR) is 53.9 cm³/mol. The minimum atomic E-state index is -0.110. The van der Waals surface area contributed by atoms with Gasteiger partial charge in [-0.3, -0.25) is 4.79 Å². The first-order valence-corrected chi connectivity index (χ1v) is 4.74. The van der Waals surface area contributed by atoms with Crippen LogP contribution in [0.3, 0.4) is 0 Å². The largest absolute Gasteiger partial charge is 0.384 e. The number of hydrogen-bond acceptors (Lipinski definition) is 4. The summed E-state index contributed by atoms with van der Waals surface area (Å²) in [6, 6.07) is 0. The zero-order valence-corrected chi connectivity index (χ0v) is 8.91. The van der Waals surface area contributed by atoms with Crippen LogP contribution in [-0.2, 0) is 14.3 Å². The van der Waals surface area contributed by atoms with E-state index >= 15 is 0 Å². The van der Waals surface area contributed by atoms with E-state index in [1.807, 2.05) is 6.92 Å². The SMILES string of the molecule is COCC(C)CNC(=O)COCCN. The van der Waals surface area contributed by atoms with Crippen LogP contribution < -0.4 is 11.1 Å². The number of hydrogen-bond donors (Lipinski definition) is 2. The normalized spacial score (nSPS) is 12.5. The van der Waals surface area contributed by atoms with Crippen molar-refractivity contribution in [1.29, 1.82) is 0 Å². The first-order chi connectivity index (χ1) is 6.70. The topological polar surface area (TPSA) is 73.6 Å². The number of carbonyl (C=O) groups excluding carboxylic acids is 1. The van der Waals surface area contributed by atoms with Crippen LogP contribution in [0.5, 0.6) is 0 Å². The Balaban J connectivity index is 3.34. The van der Waals surface area contributed by atoms with E-state index in [2.05, 4.69) is 5.32 Å². The maximum atomic E-state index is 11.1. The van der Waals surface area contributed by atoms with E-state index in [9.17, 15) is 4.79 Å². The van der Waals surface area contributed by atoms with Crippen molar-refractivity contribution in [3.63, 3.8) is 0 Å². The van der Waals surface area contributed by atoms with Crippen LogP contribution in [0.25, 0.3) is 0 Å². The number of rotatable bonds is 8. The lowest BCUT2D eigenvalue weighted by Crippen LogP contribution is -2.33. The lowest BCUT2D eigenvalue weighted by atomic mass is 10.2. The van der Waals surface area contributed by atoms with Gasteiger partial charge in [0.25, 0.3) is 0 Å². The van der Waals surface area contributed by atoms with Crippen LogP contribution in [0.1, 0.15) is 6.92 Å². The summed E-state index contributed by atoms with van der Waals surface area (Å²) in [5, 5.41) is 2.74. The quantitative estimate of drug-likeness (QED) is 0.516. The molecule has 0 saturated carbocycles. The van der Waals surface area contributed by atoms with Crippen molar-refractivity contribution in [3.8, 4) is 0 Å². The molecule has 84 valence electrons. The van der Waals surface area contributed by atoms with Gasteiger partial charge < -0.3 is 20.5 Å². The lowest BCUT2D eigenvalue weighted by Gasteiger charge is -2.11. The number of carbonyl (C=O) groups is 1. The lowest BCUT2D eigenvalue weighted by molar-refractivity contribution is -0.125. The summed E-state index contributed by atoms with van der Waals surface area (Å²) in [5.74, 6) is 0.208. The average molecular weight is 204 g/mol. The summed E-state index contributed by atoms with van der Waals surface area (Å²) in [6.07, 6.45) is 0. The number of ether oxygens (including phenoxy) is 2. The Labute approximate surface area is 84.9 Å². The van der Waals surface area contributed by atoms with Crippen molar-refractivity contribution in [3.05, 3.63) is 0 Å². The van der Waals surface area contributed by atoms with Gasteiger partial charge in [0.15, 0.2) is 0 Å². The summed E-state index contributed by atoms with van der Waals surface area (Å²) in [4.78, 5) is 11.1. The third-order valence-corrected chi connectivity index (χ3v) is 1.59. The molecule has 0 aliphatic rings. The summed E-state index contributed by atoms with van der Waals surface area (Å²) >= 11 is 0. The number of nitrogens with one attached hydrogen (secondary N) is 1. The summed E-state index contributed by atoms with van der Waals surface area (Å²) in [7, 11) is 1.64. The van der Waals surface area contributed by atoms with Gasteiger partial charge in [0, 0.05) is 20.2 Å². The number of nitrogens with two attached hydrogens (primary N) is 1. The zero-order valence-electron chi connectivity index (χ0n) is 8.91. The van der Waals surface area contributed by atoms with Gasteiger partial charge >= 0.3 is 0 Å². The maximum Gasteiger partial charge on any atom is 0.246 e. The molecule has 0 aromatic heterocycles. The second kappa shape index (κ2) is 8.93. The van der Waals surface area contributed by atoms with Crippen LogP contribution in [0, 0.1) is 5.92 Å². The average Bonchev–Trinajstić information content (AvgIpc) is 2.16. The second-order valence-electron chi connectivity index (χ2n) is 3.21. The first kappa shape index (κ1) is 13.4. The highest BCUT2D eigenvalue weighted by atomic mass is 16.5. The van der Waals surface area contributed by atoms with E-state index in [1.54, 1.807) is 7.11 Å². The van der Waals surface area contributed by atoms with Crippen molar-refractivity contribution in [2.45, 2.75) is 6.92 Å². The number of methoxy groups -OCH3 is 1. The highest BCUT2D eigenvalue weighted by molar-refractivity contribution is 5.77. The van der Waals surface area contributed by atoms with Crippen LogP contribution in [0.2, 0.25) is 0 Å². The Morgan fingerprint density at radius 2 is 2.29 bits per heavy atom. The van der Waals surface area contributed by atoms with Gasteiger partial charge in [-0.25, -0.2) is 0 Å². The van der Waals surface area contributed by atoms with Crippen LogP contribution in [-0.4, -0.2) is 45.9 Å². The fourth-order valence-electron chi connectivity index (χ4n) is 0.931. The fraction of sp³-hybridized carbons (Fsp3) is 0.889. The third-order valence-electron chi connectivity index (χ3n) is 1.59. The van der Waals surface area contributed by atoms with Crippen molar-refractivity contribution in [2.24, 2.45) is 11.7 Å². The van der Waals surface area contributed by atoms with Crippen molar-refractivity contribution >= 4 is 5.91 Å². The molecule has 0 aliphatic heterocycles. The highest BCUT2D eigenvalue weighted by Gasteiger charge is 2.04. The van der Waals surface area contributed by atoms with Gasteiger partial charge in [-0.2, -0.15) is 0 Å². The Morgan fingerprint density at radius 1 is 1.57 bits per heavy atom. The fourth-order valence-corrected chi connectivity index (χ4v) is 0.931. The van der Waals surface area contributed by atoms with Crippen LogP contribution >= 0.6 is 0 Å². The molecule has 1 atom stereocenters. The van der Waals surface area contributed by atoms with E-state index in [0.29, 0.717) is 32.2 Å². The molecule has 0 radical (unpaired) electrons. The molecule has 1 amide bonds. The van der Waals surface area contributed by atoms with E-state index in [4.69, 9.17) is 15.2 Å². The van der Waals surface area contributed by atoms with E-state index in [-0.39, 0.29) is 12.5 Å². The molecule has 1 unspecified atom stereocenters. The molecule has 0 rings (SSSR count). The van der Waals surface area contributed by atoms with Crippen molar-refractivity contribution < 1.29 is 14.3 Å². The van der Waals surface area contributed by atoms with Gasteiger partial charge in [0.2, 0.25) is 5.91 Å². The Hall–Kier alpha value is -0.650. The highest BCUT2D eigenvalue weighted by Crippen LogP contribution is 1.91. The molecule has 0 heterocycles. The van der Waals surface area contributed by atoms with Crippen LogP contribution in [0.15, 0.2) is 0 Å². The Bertz CT molecular complexity index is 153. The number of amides is 1. The Morgan fingerprint density at radius 3 is 2.86 bits per heavy atom. The summed E-state index contributed by atoms with van der Waals surface area (Å²) in [5.41, 5.74) is 5.20. The monoisotopic (exact) mass is 204 g/mol. The van der Waals surface area contributed by atoms with Gasteiger partial charge in [-0.15, -0.1) is 0 Å². The van der Waals surface area contributed by atoms with Gasteiger partial charge in [-0.1, -0.05) is 6.92 Å². The predicted octanol–water partition coefficient (Wildman–Crippen LogP) is -0.640. The summed E-state index contributed by atoms with van der Waals surface area (Å²) < 4.78 is 9.90. The minimum Gasteiger partial charge on any atom is -0.384 e. The van der Waals surface area contributed by atoms with E-state index in [1.165, 1.54) is 0 Å². The molecule has 0 aromatic rings. The first-order valence-electron chi connectivity index (χ1n) is 4.74. The molecule has 0 aromatic carbocycles. The molecule has 0 aliphatic carbocycles. The van der Waals surface area contributed by atoms with Gasteiger partial charge in [-0.05, 0) is 5.92 Å². The maximum absolute atomic E-state index is 11.1. The molecule has 5 nitrogen and oxygen atoms in total. The van der Waals surface area contributed by atoms with E-state index < -0.39 is 0 Å². The smallest absolute Gasteiger partial charge is 0.246 e. The van der Waals surface area contributed by atoms with Crippen molar-refractivity contribution in [1.82, 2.24) is 5.32 Å². The molecule has 0 saturated heterocycles. The third kappa shape index (κ3) is 7.97. The Kier molecular flexibility index (Phi) is 8.51. The zero-order chi connectivity index (χ0) is 10.8. The molecule has 0 fully saturated rings. The van der Waals surface area contributed by atoms with Gasteiger partial charge in [0.1, 0.15) is 6.61 Å². The molecule has 0 spiro atoms. The molecule has 5 heteroatoms. The molecule has 0 bridgehead atoms. The molecule has 14 heavy (non-hydrogen) atoms. The second-order valence-corrected chi connectivity index (χ2v) is 3.21. The summed E-state index contributed by atoms with van der Waals surface area (Å²) in [6.45, 7) is 4.19.